The first kappa shape index (κ1) is 12.4. The van der Waals surface area contributed by atoms with Gasteiger partial charge in [-0.15, -0.1) is 0 Å². The van der Waals surface area contributed by atoms with Crippen molar-refractivity contribution in [2.75, 3.05) is 0 Å². The number of phenols is 1. The normalized spacial score (nSPS) is 10.7. The topological polar surface area (TPSA) is 37.3 Å². The Morgan fingerprint density at radius 1 is 1.11 bits per heavy atom. The molecule has 0 amide bonds. The molecule has 18 heavy (non-hydrogen) atoms. The lowest BCUT2D eigenvalue weighted by Gasteiger charge is -1.99. The molecule has 0 saturated carbocycles. The van der Waals surface area contributed by atoms with Crippen molar-refractivity contribution in [1.82, 2.24) is 0 Å². The van der Waals surface area contributed by atoms with Crippen LogP contribution in [0.2, 0.25) is 5.02 Å². The summed E-state index contributed by atoms with van der Waals surface area (Å²) in [5, 5.41) is 10.2. The minimum atomic E-state index is -0.243. The molecule has 0 heterocycles. The lowest BCUT2D eigenvalue weighted by Crippen LogP contribution is -1.94. The Kier molecular flexibility index (Phi) is 3.80. The van der Waals surface area contributed by atoms with E-state index in [-0.39, 0.29) is 17.1 Å². The average Bonchev–Trinajstić information content (AvgIpc) is 2.37. The summed E-state index contributed by atoms with van der Waals surface area (Å²) in [6, 6.07) is 13.6. The number of carbonyl (C=O) groups excluding carboxylic acids is 1. The summed E-state index contributed by atoms with van der Waals surface area (Å²) in [6.07, 6.45) is 3.08. The van der Waals surface area contributed by atoms with Gasteiger partial charge >= 0.3 is 0 Å². The molecule has 0 fully saturated rings. The zero-order valence-electron chi connectivity index (χ0n) is 9.51. The van der Waals surface area contributed by atoms with Crippen LogP contribution in [-0.4, -0.2) is 10.9 Å². The predicted molar refractivity (Wildman–Crippen MR) is 72.9 cm³/mol. The summed E-state index contributed by atoms with van der Waals surface area (Å²) in [5.74, 6) is -0.258. The van der Waals surface area contributed by atoms with Crippen LogP contribution in [0.5, 0.6) is 5.75 Å². The summed E-state index contributed by atoms with van der Waals surface area (Å²) in [6.45, 7) is 0. The van der Waals surface area contributed by atoms with Gasteiger partial charge in [-0.05, 0) is 35.9 Å². The Labute approximate surface area is 110 Å². The molecule has 90 valence electrons. The average molecular weight is 259 g/mol. The van der Waals surface area contributed by atoms with Gasteiger partial charge < -0.3 is 5.11 Å². The molecule has 0 unspecified atom stereocenters. The highest BCUT2D eigenvalue weighted by molar-refractivity contribution is 6.30. The monoisotopic (exact) mass is 258 g/mol. The zero-order valence-corrected chi connectivity index (χ0v) is 10.3. The number of para-hydroxylation sites is 1. The van der Waals surface area contributed by atoms with E-state index in [9.17, 15) is 9.90 Å². The molecule has 0 aromatic heterocycles. The summed E-state index contributed by atoms with van der Waals surface area (Å²) >= 11 is 5.84. The standard InChI is InChI=1S/C15H11ClO2/c16-12-5-3-4-11(10-12)8-9-15(18)13-6-1-2-7-14(13)17/h1-10,17H/b9-8-. The van der Waals surface area contributed by atoms with E-state index in [2.05, 4.69) is 0 Å². The van der Waals surface area contributed by atoms with E-state index >= 15 is 0 Å². The summed E-state index contributed by atoms with van der Waals surface area (Å²) in [7, 11) is 0. The fourth-order valence-electron chi connectivity index (χ4n) is 1.55. The molecule has 2 aromatic carbocycles. The van der Waals surface area contributed by atoms with E-state index in [1.165, 1.54) is 12.1 Å². The minimum Gasteiger partial charge on any atom is -0.507 e. The molecule has 0 aliphatic rings. The fraction of sp³-hybridized carbons (Fsp3) is 0. The van der Waals surface area contributed by atoms with Crippen LogP contribution in [-0.2, 0) is 0 Å². The number of carbonyl (C=O) groups is 1. The van der Waals surface area contributed by atoms with Gasteiger partial charge in [0.05, 0.1) is 5.56 Å². The first-order valence-corrected chi connectivity index (χ1v) is 5.80. The molecule has 0 bridgehead atoms. The van der Waals surface area contributed by atoms with Crippen molar-refractivity contribution in [2.24, 2.45) is 0 Å². The van der Waals surface area contributed by atoms with Crippen molar-refractivity contribution < 1.29 is 9.90 Å². The third kappa shape index (κ3) is 2.99. The second-order valence-electron chi connectivity index (χ2n) is 3.77. The van der Waals surface area contributed by atoms with Gasteiger partial charge in [0.15, 0.2) is 5.78 Å². The Morgan fingerprint density at radius 3 is 2.61 bits per heavy atom. The molecule has 2 rings (SSSR count). The highest BCUT2D eigenvalue weighted by atomic mass is 35.5. The molecule has 0 aliphatic heterocycles. The van der Waals surface area contributed by atoms with Crippen molar-refractivity contribution in [3.63, 3.8) is 0 Å². The second-order valence-corrected chi connectivity index (χ2v) is 4.21. The van der Waals surface area contributed by atoms with Crippen LogP contribution in [0, 0.1) is 0 Å². The highest BCUT2D eigenvalue weighted by Gasteiger charge is 2.06. The maximum Gasteiger partial charge on any atom is 0.189 e. The zero-order chi connectivity index (χ0) is 13.0. The molecule has 3 heteroatoms. The number of ketones is 1. The van der Waals surface area contributed by atoms with Gasteiger partial charge in [0.25, 0.3) is 0 Å². The van der Waals surface area contributed by atoms with Crippen LogP contribution in [0.4, 0.5) is 0 Å². The predicted octanol–water partition coefficient (Wildman–Crippen LogP) is 3.94. The van der Waals surface area contributed by atoms with E-state index in [0.717, 1.165) is 5.56 Å². The Morgan fingerprint density at radius 2 is 1.89 bits per heavy atom. The molecule has 2 nitrogen and oxygen atoms in total. The number of benzene rings is 2. The Bertz CT molecular complexity index is 603. The molecule has 0 radical (unpaired) electrons. The number of allylic oxidation sites excluding steroid dienone is 1. The minimum absolute atomic E-state index is 0.0155. The number of hydrogen-bond donors (Lipinski definition) is 1. The van der Waals surface area contributed by atoms with Crippen LogP contribution >= 0.6 is 11.6 Å². The lowest BCUT2D eigenvalue weighted by atomic mass is 10.1. The third-order valence-electron chi connectivity index (χ3n) is 2.45. The van der Waals surface area contributed by atoms with Crippen molar-refractivity contribution in [3.8, 4) is 5.75 Å². The Balaban J connectivity index is 2.20. The van der Waals surface area contributed by atoms with Gasteiger partial charge in [-0.1, -0.05) is 41.9 Å². The van der Waals surface area contributed by atoms with Gasteiger partial charge in [-0.3, -0.25) is 4.79 Å². The Hall–Kier alpha value is -2.06. The van der Waals surface area contributed by atoms with Crippen molar-refractivity contribution in [3.05, 3.63) is 70.8 Å². The van der Waals surface area contributed by atoms with Crippen LogP contribution in [0.3, 0.4) is 0 Å². The maximum atomic E-state index is 11.8. The summed E-state index contributed by atoms with van der Waals surface area (Å²) in [4.78, 5) is 11.8. The van der Waals surface area contributed by atoms with Crippen LogP contribution in [0.1, 0.15) is 15.9 Å². The van der Waals surface area contributed by atoms with E-state index < -0.39 is 0 Å². The summed E-state index contributed by atoms with van der Waals surface area (Å²) in [5.41, 5.74) is 1.13. The number of phenolic OH excluding ortho intramolecular Hbond substituents is 1. The van der Waals surface area contributed by atoms with Crippen LogP contribution in [0.15, 0.2) is 54.6 Å². The molecule has 0 spiro atoms. The maximum absolute atomic E-state index is 11.8. The first-order valence-electron chi connectivity index (χ1n) is 5.43. The molecular weight excluding hydrogens is 248 g/mol. The number of rotatable bonds is 3. The lowest BCUT2D eigenvalue weighted by molar-refractivity contribution is 0.104. The third-order valence-corrected chi connectivity index (χ3v) is 2.68. The van der Waals surface area contributed by atoms with E-state index in [1.54, 1.807) is 36.4 Å². The largest absolute Gasteiger partial charge is 0.507 e. The molecule has 0 atom stereocenters. The molecule has 1 N–H and O–H groups in total. The van der Waals surface area contributed by atoms with Gasteiger partial charge in [0.1, 0.15) is 5.75 Å². The van der Waals surface area contributed by atoms with E-state index in [1.807, 2.05) is 12.1 Å². The van der Waals surface area contributed by atoms with Crippen molar-refractivity contribution in [1.29, 1.82) is 0 Å². The SMILES string of the molecule is O=C(/C=C\c1cccc(Cl)c1)c1ccccc1O. The molecule has 0 saturated heterocycles. The van der Waals surface area contributed by atoms with Gasteiger partial charge in [-0.2, -0.15) is 0 Å². The number of hydrogen-bond acceptors (Lipinski definition) is 2. The van der Waals surface area contributed by atoms with Crippen molar-refractivity contribution >= 4 is 23.5 Å². The van der Waals surface area contributed by atoms with Crippen LogP contribution < -0.4 is 0 Å². The van der Waals surface area contributed by atoms with E-state index in [4.69, 9.17) is 11.6 Å². The molecular formula is C15H11ClO2. The number of halogens is 1. The second kappa shape index (κ2) is 5.52. The summed E-state index contributed by atoms with van der Waals surface area (Å²) < 4.78 is 0. The number of aromatic hydroxyl groups is 1. The van der Waals surface area contributed by atoms with E-state index in [0.29, 0.717) is 5.02 Å². The fourth-order valence-corrected chi connectivity index (χ4v) is 1.75. The van der Waals surface area contributed by atoms with Gasteiger partial charge in [0, 0.05) is 5.02 Å². The highest BCUT2D eigenvalue weighted by Crippen LogP contribution is 2.17. The van der Waals surface area contributed by atoms with Gasteiger partial charge in [-0.25, -0.2) is 0 Å². The van der Waals surface area contributed by atoms with Gasteiger partial charge in [0.2, 0.25) is 0 Å². The quantitative estimate of drug-likeness (QED) is 0.669. The molecule has 0 aliphatic carbocycles. The van der Waals surface area contributed by atoms with Crippen molar-refractivity contribution in [2.45, 2.75) is 0 Å². The molecule has 2 aromatic rings. The first-order chi connectivity index (χ1) is 8.66. The van der Waals surface area contributed by atoms with Crippen LogP contribution in [0.25, 0.3) is 6.08 Å². The smallest absolute Gasteiger partial charge is 0.189 e.